The smallest absolute Gasteiger partial charge is 0.224 e. The molecule has 0 saturated heterocycles. The van der Waals surface area contributed by atoms with Gasteiger partial charge in [-0.1, -0.05) is 11.6 Å². The SMILES string of the molecule is C[C@H]1OCc2c(Cl)nc(Cl)nc21. The molecule has 0 N–H and O–H groups in total. The summed E-state index contributed by atoms with van der Waals surface area (Å²) in [5, 5.41) is 0.574. The summed E-state index contributed by atoms with van der Waals surface area (Å²) in [5.41, 5.74) is 1.66. The van der Waals surface area contributed by atoms with Gasteiger partial charge in [0.15, 0.2) is 0 Å². The Bertz CT molecular complexity index is 329. The van der Waals surface area contributed by atoms with Crippen LogP contribution in [0.3, 0.4) is 0 Å². The van der Waals surface area contributed by atoms with Crippen molar-refractivity contribution in [1.82, 2.24) is 9.97 Å². The molecule has 0 saturated carbocycles. The van der Waals surface area contributed by atoms with Gasteiger partial charge in [0.2, 0.25) is 5.28 Å². The van der Waals surface area contributed by atoms with Crippen molar-refractivity contribution in [2.75, 3.05) is 0 Å². The number of hydrogen-bond acceptors (Lipinski definition) is 3. The summed E-state index contributed by atoms with van der Waals surface area (Å²) in [6.07, 6.45) is -0.0296. The summed E-state index contributed by atoms with van der Waals surface area (Å²) in [7, 11) is 0. The van der Waals surface area contributed by atoms with Gasteiger partial charge in [0, 0.05) is 5.56 Å². The Labute approximate surface area is 79.7 Å². The topological polar surface area (TPSA) is 35.0 Å². The zero-order valence-electron chi connectivity index (χ0n) is 6.34. The van der Waals surface area contributed by atoms with E-state index in [1.165, 1.54) is 0 Å². The highest BCUT2D eigenvalue weighted by Crippen LogP contribution is 2.32. The van der Waals surface area contributed by atoms with Gasteiger partial charge in [-0.25, -0.2) is 9.97 Å². The standard InChI is InChI=1S/C7H6Cl2N2O/c1-3-5-4(2-12-3)6(8)11-7(9)10-5/h3H,2H2,1H3/t3-/m1/s1. The molecule has 1 aliphatic heterocycles. The van der Waals surface area contributed by atoms with Gasteiger partial charge in [0.05, 0.1) is 18.4 Å². The molecule has 0 radical (unpaired) electrons. The molecule has 64 valence electrons. The monoisotopic (exact) mass is 204 g/mol. The summed E-state index contributed by atoms with van der Waals surface area (Å²) in [6.45, 7) is 2.39. The Morgan fingerprint density at radius 1 is 1.42 bits per heavy atom. The number of halogens is 2. The van der Waals surface area contributed by atoms with Crippen LogP contribution in [0.25, 0.3) is 0 Å². The second kappa shape index (κ2) is 2.83. The lowest BCUT2D eigenvalue weighted by Gasteiger charge is -2.01. The Morgan fingerprint density at radius 3 is 2.92 bits per heavy atom. The summed E-state index contributed by atoms with van der Waals surface area (Å²) >= 11 is 11.5. The van der Waals surface area contributed by atoms with Crippen molar-refractivity contribution < 1.29 is 4.74 Å². The summed E-state index contributed by atoms with van der Waals surface area (Å²) in [5.74, 6) is 0. The fraction of sp³-hybridized carbons (Fsp3) is 0.429. The summed E-state index contributed by atoms with van der Waals surface area (Å²) in [6, 6.07) is 0. The molecule has 1 aliphatic rings. The third-order valence-corrected chi connectivity index (χ3v) is 2.31. The van der Waals surface area contributed by atoms with Gasteiger partial charge in [0.25, 0.3) is 0 Å². The van der Waals surface area contributed by atoms with E-state index in [1.807, 2.05) is 6.92 Å². The lowest BCUT2D eigenvalue weighted by atomic mass is 10.2. The Morgan fingerprint density at radius 2 is 2.17 bits per heavy atom. The third-order valence-electron chi connectivity index (χ3n) is 1.82. The first-order valence-electron chi connectivity index (χ1n) is 3.52. The van der Waals surface area contributed by atoms with Gasteiger partial charge >= 0.3 is 0 Å². The molecule has 0 fully saturated rings. The number of ether oxygens (including phenoxy) is 1. The second-order valence-corrected chi connectivity index (χ2v) is 3.30. The van der Waals surface area contributed by atoms with E-state index in [-0.39, 0.29) is 11.4 Å². The Hall–Kier alpha value is -0.380. The van der Waals surface area contributed by atoms with Crippen LogP contribution in [0.2, 0.25) is 10.4 Å². The van der Waals surface area contributed by atoms with Crippen LogP contribution < -0.4 is 0 Å². The first-order chi connectivity index (χ1) is 5.68. The van der Waals surface area contributed by atoms with Crippen molar-refractivity contribution >= 4 is 23.2 Å². The van der Waals surface area contributed by atoms with E-state index < -0.39 is 0 Å². The van der Waals surface area contributed by atoms with Crippen LogP contribution in [0.15, 0.2) is 0 Å². The van der Waals surface area contributed by atoms with Gasteiger partial charge in [-0.3, -0.25) is 0 Å². The fourth-order valence-electron chi connectivity index (χ4n) is 1.20. The Balaban J connectivity index is 2.60. The highest BCUT2D eigenvalue weighted by molar-refractivity contribution is 6.32. The maximum atomic E-state index is 5.82. The predicted molar refractivity (Wildman–Crippen MR) is 45.3 cm³/mol. The van der Waals surface area contributed by atoms with E-state index in [1.54, 1.807) is 0 Å². The predicted octanol–water partition coefficient (Wildman–Crippen LogP) is 2.37. The Kier molecular flexibility index (Phi) is 1.94. The molecule has 1 aromatic heterocycles. The zero-order chi connectivity index (χ0) is 8.72. The molecule has 5 heteroatoms. The molecule has 12 heavy (non-hydrogen) atoms. The number of rotatable bonds is 0. The molecule has 0 bridgehead atoms. The van der Waals surface area contributed by atoms with Crippen molar-refractivity contribution in [3.63, 3.8) is 0 Å². The number of nitrogens with zero attached hydrogens (tertiary/aromatic N) is 2. The molecule has 0 spiro atoms. The molecule has 0 aromatic carbocycles. The minimum atomic E-state index is -0.0296. The molecule has 2 rings (SSSR count). The molecule has 2 heterocycles. The first-order valence-corrected chi connectivity index (χ1v) is 4.27. The molecular formula is C7H6Cl2N2O. The summed E-state index contributed by atoms with van der Waals surface area (Å²) in [4.78, 5) is 7.86. The highest BCUT2D eigenvalue weighted by atomic mass is 35.5. The van der Waals surface area contributed by atoms with Crippen LogP contribution in [-0.2, 0) is 11.3 Å². The van der Waals surface area contributed by atoms with Gasteiger partial charge in [-0.15, -0.1) is 0 Å². The molecule has 3 nitrogen and oxygen atoms in total. The second-order valence-electron chi connectivity index (χ2n) is 2.60. The van der Waals surface area contributed by atoms with Gasteiger partial charge in [-0.05, 0) is 18.5 Å². The van der Waals surface area contributed by atoms with E-state index >= 15 is 0 Å². The van der Waals surface area contributed by atoms with Gasteiger partial charge < -0.3 is 4.74 Å². The van der Waals surface area contributed by atoms with E-state index in [2.05, 4.69) is 9.97 Å². The molecular weight excluding hydrogens is 199 g/mol. The maximum Gasteiger partial charge on any atom is 0.224 e. The minimum absolute atomic E-state index is 0.0296. The van der Waals surface area contributed by atoms with Crippen LogP contribution in [0, 0.1) is 0 Å². The van der Waals surface area contributed by atoms with Crippen LogP contribution in [0.5, 0.6) is 0 Å². The lowest BCUT2D eigenvalue weighted by Crippen LogP contribution is -1.96. The van der Waals surface area contributed by atoms with E-state index in [0.29, 0.717) is 11.8 Å². The molecule has 0 amide bonds. The van der Waals surface area contributed by atoms with Crippen molar-refractivity contribution in [3.8, 4) is 0 Å². The number of aromatic nitrogens is 2. The van der Waals surface area contributed by atoms with Crippen molar-refractivity contribution in [2.45, 2.75) is 19.6 Å². The van der Waals surface area contributed by atoms with Crippen molar-refractivity contribution in [1.29, 1.82) is 0 Å². The fourth-order valence-corrected chi connectivity index (χ4v) is 1.65. The average Bonchev–Trinajstić information content (AvgIpc) is 2.33. The quantitative estimate of drug-likeness (QED) is 0.481. The molecule has 0 unspecified atom stereocenters. The minimum Gasteiger partial charge on any atom is -0.367 e. The van der Waals surface area contributed by atoms with Gasteiger partial charge in [0.1, 0.15) is 5.15 Å². The third kappa shape index (κ3) is 1.18. The van der Waals surface area contributed by atoms with Gasteiger partial charge in [-0.2, -0.15) is 0 Å². The molecule has 1 atom stereocenters. The number of fused-ring (bicyclic) bond motifs is 1. The average molecular weight is 205 g/mol. The van der Waals surface area contributed by atoms with Crippen LogP contribution >= 0.6 is 23.2 Å². The van der Waals surface area contributed by atoms with E-state index in [9.17, 15) is 0 Å². The summed E-state index contributed by atoms with van der Waals surface area (Å²) < 4.78 is 5.31. The number of hydrogen-bond donors (Lipinski definition) is 0. The molecule has 0 aliphatic carbocycles. The normalized spacial score (nSPS) is 21.1. The van der Waals surface area contributed by atoms with Crippen LogP contribution in [0.4, 0.5) is 0 Å². The zero-order valence-corrected chi connectivity index (χ0v) is 7.85. The lowest BCUT2D eigenvalue weighted by molar-refractivity contribution is 0.0779. The van der Waals surface area contributed by atoms with Crippen molar-refractivity contribution in [2.24, 2.45) is 0 Å². The molecule has 1 aromatic rings. The van der Waals surface area contributed by atoms with Crippen LogP contribution in [0.1, 0.15) is 24.3 Å². The van der Waals surface area contributed by atoms with E-state index in [0.717, 1.165) is 11.3 Å². The first kappa shape index (κ1) is 8.23. The van der Waals surface area contributed by atoms with E-state index in [4.69, 9.17) is 27.9 Å². The van der Waals surface area contributed by atoms with Crippen molar-refractivity contribution in [3.05, 3.63) is 21.7 Å². The highest BCUT2D eigenvalue weighted by Gasteiger charge is 2.24. The maximum absolute atomic E-state index is 5.82. The largest absolute Gasteiger partial charge is 0.367 e. The van der Waals surface area contributed by atoms with Crippen LogP contribution in [-0.4, -0.2) is 9.97 Å².